The lowest BCUT2D eigenvalue weighted by atomic mass is 9.87. The monoisotopic (exact) mass is 415 g/mol. The number of fused-ring (bicyclic) bond motifs is 1. The summed E-state index contributed by atoms with van der Waals surface area (Å²) in [6, 6.07) is 12.9. The van der Waals surface area contributed by atoms with E-state index in [1.54, 1.807) is 32.3 Å². The largest absolute Gasteiger partial charge is 0.361 e. The minimum absolute atomic E-state index is 0.0920. The van der Waals surface area contributed by atoms with Crippen molar-refractivity contribution in [3.8, 4) is 11.1 Å². The Morgan fingerprint density at radius 1 is 0.968 bits per heavy atom. The van der Waals surface area contributed by atoms with Crippen LogP contribution in [0.4, 0.5) is 4.39 Å². The molecule has 0 saturated heterocycles. The number of aromatic amines is 2. The van der Waals surface area contributed by atoms with Crippen LogP contribution < -0.4 is 5.69 Å². The Bertz CT molecular complexity index is 1380. The summed E-state index contributed by atoms with van der Waals surface area (Å²) in [5.41, 5.74) is 3.51. The number of imidazole rings is 1. The lowest BCUT2D eigenvalue weighted by Crippen LogP contribution is -2.09. The molecule has 0 aliphatic rings. The minimum atomic E-state index is -0.549. The van der Waals surface area contributed by atoms with Gasteiger partial charge < -0.3 is 14.5 Å². The van der Waals surface area contributed by atoms with Gasteiger partial charge in [-0.05, 0) is 49.7 Å². The average molecular weight is 415 g/mol. The Morgan fingerprint density at radius 2 is 1.61 bits per heavy atom. The second-order valence-electron chi connectivity index (χ2n) is 7.30. The van der Waals surface area contributed by atoms with Gasteiger partial charge in [0.25, 0.3) is 0 Å². The van der Waals surface area contributed by atoms with Crippen LogP contribution in [0.5, 0.6) is 0 Å². The number of aryl methyl sites for hydroxylation is 2. The zero-order chi connectivity index (χ0) is 21.5. The van der Waals surface area contributed by atoms with E-state index in [0.717, 1.165) is 11.4 Å². The maximum absolute atomic E-state index is 15.6. The molecular formula is C23H18FN5O2. The first-order valence-electron chi connectivity index (χ1n) is 9.74. The summed E-state index contributed by atoms with van der Waals surface area (Å²) in [4.78, 5) is 26.6. The molecule has 0 aliphatic carbocycles. The molecule has 5 aromatic rings. The third kappa shape index (κ3) is 3.13. The SMILES string of the molecule is Cc1noc(C)c1-c1cc(C(c2ccccn2)c2ccccn2)c2[nH]c(=O)[nH]c2c1F. The van der Waals surface area contributed by atoms with Gasteiger partial charge in [-0.25, -0.2) is 9.18 Å². The number of pyridine rings is 2. The summed E-state index contributed by atoms with van der Waals surface area (Å²) < 4.78 is 20.8. The first-order chi connectivity index (χ1) is 15.0. The van der Waals surface area contributed by atoms with Crippen LogP contribution in [0.1, 0.15) is 34.3 Å². The Hall–Kier alpha value is -4.07. The molecule has 4 heterocycles. The van der Waals surface area contributed by atoms with E-state index in [-0.39, 0.29) is 5.52 Å². The lowest BCUT2D eigenvalue weighted by molar-refractivity contribution is 0.393. The summed E-state index contributed by atoms with van der Waals surface area (Å²) >= 11 is 0. The smallest absolute Gasteiger partial charge is 0.323 e. The Kier molecular flexibility index (Phi) is 4.47. The third-order valence-electron chi connectivity index (χ3n) is 5.35. The number of hydrogen-bond donors (Lipinski definition) is 2. The predicted octanol–water partition coefficient (Wildman–Crippen LogP) is 4.24. The molecular weight excluding hydrogens is 397 g/mol. The second kappa shape index (κ2) is 7.32. The number of rotatable bonds is 4. The standard InChI is InChI=1S/C23H18FN5O2/c1-12-18(13(2)31-29-12)14-11-15(21-22(20(14)24)28-23(30)27-21)19(16-7-3-5-9-25-16)17-8-4-6-10-26-17/h3-11,19H,1-2H3,(H2,27,28,30). The number of hydrogen-bond acceptors (Lipinski definition) is 5. The maximum atomic E-state index is 15.6. The van der Waals surface area contributed by atoms with Gasteiger partial charge in [-0.15, -0.1) is 0 Å². The van der Waals surface area contributed by atoms with Crippen molar-refractivity contribution >= 4 is 11.0 Å². The van der Waals surface area contributed by atoms with E-state index in [2.05, 4.69) is 25.1 Å². The Morgan fingerprint density at radius 3 is 2.16 bits per heavy atom. The van der Waals surface area contributed by atoms with Crippen molar-refractivity contribution in [1.82, 2.24) is 25.1 Å². The lowest BCUT2D eigenvalue weighted by Gasteiger charge is -2.19. The van der Waals surface area contributed by atoms with Gasteiger partial charge in [0.05, 0.1) is 34.1 Å². The van der Waals surface area contributed by atoms with Crippen LogP contribution in [0, 0.1) is 19.7 Å². The van der Waals surface area contributed by atoms with Gasteiger partial charge >= 0.3 is 5.69 Å². The molecule has 0 fully saturated rings. The quantitative estimate of drug-likeness (QED) is 0.457. The first-order valence-corrected chi connectivity index (χ1v) is 9.74. The van der Waals surface area contributed by atoms with Crippen molar-refractivity contribution < 1.29 is 8.91 Å². The van der Waals surface area contributed by atoms with Crippen molar-refractivity contribution in [2.45, 2.75) is 19.8 Å². The van der Waals surface area contributed by atoms with Gasteiger partial charge in [0.1, 0.15) is 11.3 Å². The maximum Gasteiger partial charge on any atom is 0.323 e. The number of nitrogens with zero attached hydrogens (tertiary/aromatic N) is 3. The van der Waals surface area contributed by atoms with E-state index < -0.39 is 17.4 Å². The number of benzene rings is 1. The van der Waals surface area contributed by atoms with Gasteiger partial charge in [-0.2, -0.15) is 0 Å². The molecule has 0 aliphatic heterocycles. The molecule has 4 aromatic heterocycles. The van der Waals surface area contributed by atoms with E-state index in [0.29, 0.717) is 33.7 Å². The predicted molar refractivity (Wildman–Crippen MR) is 113 cm³/mol. The van der Waals surface area contributed by atoms with Crippen LogP contribution in [-0.4, -0.2) is 25.1 Å². The van der Waals surface area contributed by atoms with Crippen LogP contribution in [0.3, 0.4) is 0 Å². The molecule has 5 rings (SSSR count). The minimum Gasteiger partial charge on any atom is -0.361 e. The highest BCUT2D eigenvalue weighted by molar-refractivity contribution is 5.87. The molecule has 0 unspecified atom stereocenters. The first kappa shape index (κ1) is 18.9. The van der Waals surface area contributed by atoms with E-state index in [4.69, 9.17) is 4.52 Å². The van der Waals surface area contributed by atoms with Crippen LogP contribution in [-0.2, 0) is 0 Å². The molecule has 31 heavy (non-hydrogen) atoms. The molecule has 2 N–H and O–H groups in total. The summed E-state index contributed by atoms with van der Waals surface area (Å²) in [6.45, 7) is 3.48. The van der Waals surface area contributed by atoms with E-state index in [1.165, 1.54) is 0 Å². The summed E-state index contributed by atoms with van der Waals surface area (Å²) in [6.07, 6.45) is 3.39. The zero-order valence-corrected chi connectivity index (χ0v) is 16.8. The van der Waals surface area contributed by atoms with Gasteiger partial charge in [0.15, 0.2) is 5.82 Å². The normalized spacial score (nSPS) is 11.5. The number of halogens is 1. The molecule has 8 heteroatoms. The summed E-state index contributed by atoms with van der Waals surface area (Å²) in [5, 5.41) is 3.96. The zero-order valence-electron chi connectivity index (χ0n) is 16.8. The van der Waals surface area contributed by atoms with Gasteiger partial charge in [0, 0.05) is 18.0 Å². The van der Waals surface area contributed by atoms with Crippen molar-refractivity contribution in [2.75, 3.05) is 0 Å². The van der Waals surface area contributed by atoms with E-state index >= 15 is 4.39 Å². The molecule has 0 atom stereocenters. The third-order valence-corrected chi connectivity index (χ3v) is 5.35. The molecule has 0 bridgehead atoms. The van der Waals surface area contributed by atoms with Crippen molar-refractivity contribution in [1.29, 1.82) is 0 Å². The molecule has 154 valence electrons. The van der Waals surface area contributed by atoms with Gasteiger partial charge in [-0.1, -0.05) is 17.3 Å². The van der Waals surface area contributed by atoms with E-state index in [1.807, 2.05) is 36.4 Å². The fourth-order valence-corrected chi connectivity index (χ4v) is 4.03. The number of aromatic nitrogens is 5. The second-order valence-corrected chi connectivity index (χ2v) is 7.30. The van der Waals surface area contributed by atoms with Crippen molar-refractivity contribution in [3.63, 3.8) is 0 Å². The van der Waals surface area contributed by atoms with Crippen molar-refractivity contribution in [2.24, 2.45) is 0 Å². The van der Waals surface area contributed by atoms with Gasteiger partial charge in [-0.3, -0.25) is 9.97 Å². The molecule has 0 radical (unpaired) electrons. The fraction of sp³-hybridized carbons (Fsp3) is 0.130. The van der Waals surface area contributed by atoms with Crippen molar-refractivity contribution in [3.05, 3.63) is 99.6 Å². The topological polar surface area (TPSA) is 100 Å². The highest BCUT2D eigenvalue weighted by Crippen LogP contribution is 2.39. The van der Waals surface area contributed by atoms with Crippen LogP contribution >= 0.6 is 0 Å². The number of H-pyrrole nitrogens is 2. The van der Waals surface area contributed by atoms with Crippen LogP contribution in [0.25, 0.3) is 22.2 Å². The van der Waals surface area contributed by atoms with E-state index in [9.17, 15) is 4.79 Å². The molecule has 0 saturated carbocycles. The highest BCUT2D eigenvalue weighted by atomic mass is 19.1. The fourth-order valence-electron chi connectivity index (χ4n) is 4.03. The molecule has 1 aromatic carbocycles. The highest BCUT2D eigenvalue weighted by Gasteiger charge is 2.27. The number of nitrogens with one attached hydrogen (secondary N) is 2. The molecule has 0 spiro atoms. The Labute approximate surface area is 176 Å². The molecule has 0 amide bonds. The summed E-state index contributed by atoms with van der Waals surface area (Å²) in [5.74, 6) is -0.490. The van der Waals surface area contributed by atoms with Crippen LogP contribution in [0.15, 0.2) is 64.2 Å². The van der Waals surface area contributed by atoms with Crippen LogP contribution in [0.2, 0.25) is 0 Å². The average Bonchev–Trinajstić information content (AvgIpc) is 3.34. The molecule has 7 nitrogen and oxygen atoms in total. The summed E-state index contributed by atoms with van der Waals surface area (Å²) in [7, 11) is 0. The van der Waals surface area contributed by atoms with Gasteiger partial charge in [0.2, 0.25) is 0 Å². The Balaban J connectivity index is 1.88.